The molecule has 0 bridgehead atoms. The molecule has 0 amide bonds. The molecule has 1 aromatic carbocycles. The van der Waals surface area contributed by atoms with Crippen LogP contribution < -0.4 is 10.1 Å². The van der Waals surface area contributed by atoms with Crippen molar-refractivity contribution in [3.8, 4) is 11.5 Å². The Balaban J connectivity index is 1.38. The van der Waals surface area contributed by atoms with Crippen LogP contribution in [-0.2, 0) is 11.3 Å². The van der Waals surface area contributed by atoms with Gasteiger partial charge in [0.25, 0.3) is 0 Å². The first-order valence-electron chi connectivity index (χ1n) is 8.83. The maximum absolute atomic E-state index is 12.3. The summed E-state index contributed by atoms with van der Waals surface area (Å²) >= 11 is 0. The molecule has 0 spiro atoms. The molecule has 0 saturated heterocycles. The number of aromatic nitrogens is 2. The van der Waals surface area contributed by atoms with Crippen molar-refractivity contribution >= 4 is 11.8 Å². The fraction of sp³-hybridized carbons (Fsp3) is 0.190. The third-order valence-electron chi connectivity index (χ3n) is 4.12. The molecule has 6 heteroatoms. The highest BCUT2D eigenvalue weighted by atomic mass is 16.5. The number of esters is 1. The average Bonchev–Trinajstić information content (AvgIpc) is 3.52. The first-order valence-corrected chi connectivity index (χ1v) is 8.83. The Bertz CT molecular complexity index is 909. The fourth-order valence-corrected chi connectivity index (χ4v) is 2.52. The smallest absolute Gasteiger partial charge is 0.340 e. The molecule has 6 nitrogen and oxygen atoms in total. The summed E-state index contributed by atoms with van der Waals surface area (Å²) in [7, 11) is 0. The van der Waals surface area contributed by atoms with Crippen molar-refractivity contribution in [2.75, 3.05) is 5.32 Å². The minimum absolute atomic E-state index is 0.108. The molecule has 1 saturated carbocycles. The predicted molar refractivity (Wildman–Crippen MR) is 101 cm³/mol. The number of rotatable bonds is 7. The number of nitrogens with zero attached hydrogens (tertiary/aromatic N) is 2. The van der Waals surface area contributed by atoms with E-state index in [9.17, 15) is 4.79 Å². The standard InChI is InChI=1S/C21H19N3O3/c25-21(15-7-10-20(23-12-15)24-17-8-9-17)26-14-16-4-1-2-6-19(16)27-18-5-3-11-22-13-18/h1-7,10-13,17H,8-9,14H2,(H,23,24). The van der Waals surface area contributed by atoms with Gasteiger partial charge in [-0.25, -0.2) is 9.78 Å². The summed E-state index contributed by atoms with van der Waals surface area (Å²) in [4.78, 5) is 20.6. The van der Waals surface area contributed by atoms with Gasteiger partial charge in [0.1, 0.15) is 23.9 Å². The van der Waals surface area contributed by atoms with Crippen molar-refractivity contribution in [3.63, 3.8) is 0 Å². The van der Waals surface area contributed by atoms with Gasteiger partial charge in [0, 0.05) is 24.0 Å². The van der Waals surface area contributed by atoms with E-state index in [0.29, 0.717) is 23.1 Å². The van der Waals surface area contributed by atoms with E-state index in [1.54, 1.807) is 30.6 Å². The normalized spacial score (nSPS) is 13.0. The second-order valence-electron chi connectivity index (χ2n) is 6.33. The number of hydrogen-bond donors (Lipinski definition) is 1. The number of nitrogens with one attached hydrogen (secondary N) is 1. The molecule has 27 heavy (non-hydrogen) atoms. The minimum atomic E-state index is -0.420. The van der Waals surface area contributed by atoms with Crippen LogP contribution in [0.5, 0.6) is 11.5 Å². The monoisotopic (exact) mass is 361 g/mol. The topological polar surface area (TPSA) is 73.3 Å². The lowest BCUT2D eigenvalue weighted by Gasteiger charge is -2.11. The number of anilines is 1. The van der Waals surface area contributed by atoms with Gasteiger partial charge in [-0.1, -0.05) is 18.2 Å². The summed E-state index contributed by atoms with van der Waals surface area (Å²) in [6.07, 6.45) is 7.19. The Kier molecular flexibility index (Phi) is 4.96. The molecule has 2 heterocycles. The molecule has 1 aliphatic rings. The Morgan fingerprint density at radius 2 is 1.96 bits per heavy atom. The fourth-order valence-electron chi connectivity index (χ4n) is 2.52. The zero-order chi connectivity index (χ0) is 18.5. The Labute approximate surface area is 157 Å². The van der Waals surface area contributed by atoms with Gasteiger partial charge in [-0.05, 0) is 43.2 Å². The summed E-state index contributed by atoms with van der Waals surface area (Å²) in [6, 6.07) is 15.1. The van der Waals surface area contributed by atoms with Crippen LogP contribution in [0.1, 0.15) is 28.8 Å². The number of para-hydroxylation sites is 1. The molecular weight excluding hydrogens is 342 g/mol. The largest absolute Gasteiger partial charge is 0.457 e. The molecule has 0 unspecified atom stereocenters. The van der Waals surface area contributed by atoms with Crippen LogP contribution in [0, 0.1) is 0 Å². The Morgan fingerprint density at radius 3 is 2.70 bits per heavy atom. The van der Waals surface area contributed by atoms with Gasteiger partial charge in [0.15, 0.2) is 0 Å². The maximum Gasteiger partial charge on any atom is 0.340 e. The highest BCUT2D eigenvalue weighted by Crippen LogP contribution is 2.26. The van der Waals surface area contributed by atoms with Crippen molar-refractivity contribution in [3.05, 3.63) is 78.2 Å². The second kappa shape index (κ2) is 7.86. The van der Waals surface area contributed by atoms with E-state index < -0.39 is 5.97 Å². The third kappa shape index (κ3) is 4.61. The number of ether oxygens (including phenoxy) is 2. The lowest BCUT2D eigenvalue weighted by atomic mass is 10.2. The molecule has 1 fully saturated rings. The van der Waals surface area contributed by atoms with Gasteiger partial charge in [-0.3, -0.25) is 4.98 Å². The molecule has 4 rings (SSSR count). The quantitative estimate of drug-likeness (QED) is 0.636. The molecule has 2 aromatic heterocycles. The van der Waals surface area contributed by atoms with Crippen molar-refractivity contribution in [1.82, 2.24) is 9.97 Å². The van der Waals surface area contributed by atoms with Gasteiger partial charge in [-0.2, -0.15) is 0 Å². The molecule has 0 radical (unpaired) electrons. The van der Waals surface area contributed by atoms with Crippen LogP contribution in [0.2, 0.25) is 0 Å². The highest BCUT2D eigenvalue weighted by molar-refractivity contribution is 5.89. The molecule has 1 N–H and O–H groups in total. The van der Waals surface area contributed by atoms with E-state index in [2.05, 4.69) is 15.3 Å². The third-order valence-corrected chi connectivity index (χ3v) is 4.12. The molecule has 0 aliphatic heterocycles. The zero-order valence-corrected chi connectivity index (χ0v) is 14.7. The second-order valence-corrected chi connectivity index (χ2v) is 6.33. The van der Waals surface area contributed by atoms with Crippen molar-refractivity contribution in [2.45, 2.75) is 25.5 Å². The number of hydrogen-bond acceptors (Lipinski definition) is 6. The van der Waals surface area contributed by atoms with Crippen LogP contribution in [0.15, 0.2) is 67.1 Å². The van der Waals surface area contributed by atoms with Crippen LogP contribution in [0.3, 0.4) is 0 Å². The van der Waals surface area contributed by atoms with E-state index in [-0.39, 0.29) is 6.61 Å². The Hall–Kier alpha value is -3.41. The van der Waals surface area contributed by atoms with Gasteiger partial charge >= 0.3 is 5.97 Å². The molecule has 136 valence electrons. The van der Waals surface area contributed by atoms with Gasteiger partial charge < -0.3 is 14.8 Å². The molecule has 0 atom stereocenters. The highest BCUT2D eigenvalue weighted by Gasteiger charge is 2.21. The SMILES string of the molecule is O=C(OCc1ccccc1Oc1cccnc1)c1ccc(NC2CC2)nc1. The van der Waals surface area contributed by atoms with Crippen LogP contribution >= 0.6 is 0 Å². The molecule has 3 aromatic rings. The Morgan fingerprint density at radius 1 is 1.07 bits per heavy atom. The summed E-state index contributed by atoms with van der Waals surface area (Å²) < 4.78 is 11.3. The first-order chi connectivity index (χ1) is 13.3. The number of pyridine rings is 2. The summed E-state index contributed by atoms with van der Waals surface area (Å²) in [5.41, 5.74) is 1.19. The summed E-state index contributed by atoms with van der Waals surface area (Å²) in [6.45, 7) is 0.108. The van der Waals surface area contributed by atoms with E-state index in [1.807, 2.05) is 30.3 Å². The van der Waals surface area contributed by atoms with Gasteiger partial charge in [-0.15, -0.1) is 0 Å². The number of benzene rings is 1. The van der Waals surface area contributed by atoms with E-state index in [4.69, 9.17) is 9.47 Å². The van der Waals surface area contributed by atoms with Crippen molar-refractivity contribution in [2.24, 2.45) is 0 Å². The van der Waals surface area contributed by atoms with Crippen LogP contribution in [0.25, 0.3) is 0 Å². The zero-order valence-electron chi connectivity index (χ0n) is 14.7. The lowest BCUT2D eigenvalue weighted by molar-refractivity contribution is 0.0470. The van der Waals surface area contributed by atoms with Crippen LogP contribution in [0.4, 0.5) is 5.82 Å². The minimum Gasteiger partial charge on any atom is -0.457 e. The van der Waals surface area contributed by atoms with Crippen molar-refractivity contribution < 1.29 is 14.3 Å². The van der Waals surface area contributed by atoms with Gasteiger partial charge in [0.2, 0.25) is 0 Å². The van der Waals surface area contributed by atoms with Crippen molar-refractivity contribution in [1.29, 1.82) is 0 Å². The predicted octanol–water partition coefficient (Wildman–Crippen LogP) is 4.20. The van der Waals surface area contributed by atoms with Gasteiger partial charge in [0.05, 0.1) is 11.8 Å². The maximum atomic E-state index is 12.3. The first kappa shape index (κ1) is 17.0. The number of carbonyl (C=O) groups is 1. The number of carbonyl (C=O) groups excluding carboxylic acids is 1. The molecule has 1 aliphatic carbocycles. The summed E-state index contributed by atoms with van der Waals surface area (Å²) in [5, 5.41) is 3.29. The van der Waals surface area contributed by atoms with E-state index in [0.717, 1.165) is 11.4 Å². The van der Waals surface area contributed by atoms with E-state index >= 15 is 0 Å². The molecular formula is C21H19N3O3. The lowest BCUT2D eigenvalue weighted by Crippen LogP contribution is -2.08. The summed E-state index contributed by atoms with van der Waals surface area (Å²) in [5.74, 6) is 1.61. The van der Waals surface area contributed by atoms with Crippen LogP contribution in [-0.4, -0.2) is 22.0 Å². The average molecular weight is 361 g/mol. The van der Waals surface area contributed by atoms with E-state index in [1.165, 1.54) is 19.0 Å².